The monoisotopic (exact) mass is 475 g/mol. The number of ether oxygens (including phenoxy) is 1. The summed E-state index contributed by atoms with van der Waals surface area (Å²) < 4.78 is 68.6. The molecule has 0 saturated carbocycles. The Morgan fingerprint density at radius 3 is 2.36 bits per heavy atom. The fourth-order valence-electron chi connectivity index (χ4n) is 3.74. The van der Waals surface area contributed by atoms with Crippen LogP contribution in [0.4, 0.5) is 13.2 Å². The van der Waals surface area contributed by atoms with E-state index >= 15 is 0 Å². The largest absolute Gasteiger partial charge is 0.488 e. The van der Waals surface area contributed by atoms with E-state index in [-0.39, 0.29) is 11.4 Å². The predicted molar refractivity (Wildman–Crippen MR) is 117 cm³/mol. The Hall–Kier alpha value is -3.33. The summed E-state index contributed by atoms with van der Waals surface area (Å²) in [6, 6.07) is 16.7. The lowest BCUT2D eigenvalue weighted by atomic mass is 10.0. The standard InChI is InChI=1S/C24H20F3NO4S/c1-33(30,31)19-9-6-15(7-10-19)16-8-11-22-17(12-16)13-18(32-22)14-28-23(29)20-4-2-3-5-21(20)24(25,26)27/h2-12,18H,13-14H2,1H3,(H,28,29)/t18-/m0/s1. The highest BCUT2D eigenvalue weighted by Gasteiger charge is 2.35. The smallest absolute Gasteiger partial charge is 0.417 e. The van der Waals surface area contributed by atoms with Crippen LogP contribution in [-0.4, -0.2) is 33.2 Å². The number of carbonyl (C=O) groups is 1. The maximum atomic E-state index is 13.2. The van der Waals surface area contributed by atoms with Gasteiger partial charge in [-0.25, -0.2) is 8.42 Å². The molecule has 5 nitrogen and oxygen atoms in total. The van der Waals surface area contributed by atoms with Crippen molar-refractivity contribution in [3.05, 3.63) is 83.4 Å². The summed E-state index contributed by atoms with van der Waals surface area (Å²) in [6.07, 6.45) is -3.41. The van der Waals surface area contributed by atoms with Crippen LogP contribution in [0.15, 0.2) is 71.6 Å². The first kappa shape index (κ1) is 22.8. The molecule has 0 fully saturated rings. The SMILES string of the molecule is CS(=O)(=O)c1ccc(-c2ccc3c(c2)C[C@@H](CNC(=O)c2ccccc2C(F)(F)F)O3)cc1. The van der Waals surface area contributed by atoms with Crippen molar-refractivity contribution in [3.63, 3.8) is 0 Å². The molecule has 1 atom stereocenters. The molecule has 1 aliphatic heterocycles. The van der Waals surface area contributed by atoms with E-state index in [0.29, 0.717) is 12.2 Å². The molecule has 1 heterocycles. The van der Waals surface area contributed by atoms with Crippen LogP contribution in [0, 0.1) is 0 Å². The topological polar surface area (TPSA) is 72.5 Å². The molecule has 1 aliphatic rings. The van der Waals surface area contributed by atoms with Crippen molar-refractivity contribution in [1.29, 1.82) is 0 Å². The normalized spacial score (nSPS) is 15.6. The molecule has 9 heteroatoms. The Labute approximate surface area is 189 Å². The highest BCUT2D eigenvalue weighted by atomic mass is 32.2. The van der Waals surface area contributed by atoms with Gasteiger partial charge >= 0.3 is 6.18 Å². The van der Waals surface area contributed by atoms with Gasteiger partial charge in [0.1, 0.15) is 11.9 Å². The van der Waals surface area contributed by atoms with Crippen molar-refractivity contribution in [2.75, 3.05) is 12.8 Å². The Morgan fingerprint density at radius 1 is 1.03 bits per heavy atom. The molecule has 3 aromatic carbocycles. The lowest BCUT2D eigenvalue weighted by Crippen LogP contribution is -2.35. The van der Waals surface area contributed by atoms with Gasteiger partial charge in [-0.2, -0.15) is 13.2 Å². The van der Waals surface area contributed by atoms with Crippen LogP contribution >= 0.6 is 0 Å². The van der Waals surface area contributed by atoms with E-state index in [1.54, 1.807) is 30.3 Å². The molecule has 0 radical (unpaired) electrons. The highest BCUT2D eigenvalue weighted by Crippen LogP contribution is 2.34. The molecule has 3 aromatic rings. The van der Waals surface area contributed by atoms with E-state index in [9.17, 15) is 26.4 Å². The molecular weight excluding hydrogens is 455 g/mol. The van der Waals surface area contributed by atoms with Crippen LogP contribution < -0.4 is 10.1 Å². The average molecular weight is 475 g/mol. The van der Waals surface area contributed by atoms with Crippen molar-refractivity contribution < 1.29 is 31.1 Å². The minimum Gasteiger partial charge on any atom is -0.488 e. The molecule has 0 unspecified atom stereocenters. The van der Waals surface area contributed by atoms with Crippen molar-refractivity contribution in [2.24, 2.45) is 0 Å². The summed E-state index contributed by atoms with van der Waals surface area (Å²) in [5.74, 6) is -0.171. The summed E-state index contributed by atoms with van der Waals surface area (Å²) in [7, 11) is -3.28. The van der Waals surface area contributed by atoms with Crippen molar-refractivity contribution in [1.82, 2.24) is 5.32 Å². The van der Waals surface area contributed by atoms with Gasteiger partial charge in [-0.3, -0.25) is 4.79 Å². The zero-order valence-corrected chi connectivity index (χ0v) is 18.3. The van der Waals surface area contributed by atoms with Crippen LogP contribution in [0.1, 0.15) is 21.5 Å². The van der Waals surface area contributed by atoms with Crippen molar-refractivity contribution >= 4 is 15.7 Å². The third kappa shape index (κ3) is 5.03. The summed E-state index contributed by atoms with van der Waals surface area (Å²) in [6.45, 7) is 0.0537. The van der Waals surface area contributed by atoms with E-state index in [4.69, 9.17) is 4.74 Å². The molecule has 4 rings (SSSR count). The van der Waals surface area contributed by atoms with Gasteiger partial charge in [0.25, 0.3) is 5.91 Å². The lowest BCUT2D eigenvalue weighted by molar-refractivity contribution is -0.137. The molecule has 0 spiro atoms. The van der Waals surface area contributed by atoms with Crippen LogP contribution in [-0.2, 0) is 22.4 Å². The molecule has 33 heavy (non-hydrogen) atoms. The minimum absolute atomic E-state index is 0.0537. The third-order valence-corrected chi connectivity index (χ3v) is 6.51. The van der Waals surface area contributed by atoms with E-state index in [2.05, 4.69) is 5.32 Å². The quantitative estimate of drug-likeness (QED) is 0.590. The van der Waals surface area contributed by atoms with E-state index in [1.807, 2.05) is 12.1 Å². The molecule has 0 bridgehead atoms. The molecule has 1 N–H and O–H groups in total. The molecule has 0 saturated heterocycles. The van der Waals surface area contributed by atoms with Crippen LogP contribution in [0.2, 0.25) is 0 Å². The van der Waals surface area contributed by atoms with Gasteiger partial charge in [-0.05, 0) is 53.1 Å². The van der Waals surface area contributed by atoms with Gasteiger partial charge in [0.05, 0.1) is 22.6 Å². The number of rotatable bonds is 5. The first-order chi connectivity index (χ1) is 15.5. The van der Waals surface area contributed by atoms with Gasteiger partial charge in [-0.15, -0.1) is 0 Å². The van der Waals surface area contributed by atoms with E-state index in [1.165, 1.54) is 12.1 Å². The number of halogens is 3. The Balaban J connectivity index is 1.43. The number of hydrogen-bond donors (Lipinski definition) is 1. The second kappa shape index (κ2) is 8.55. The molecular formula is C24H20F3NO4S. The number of benzene rings is 3. The number of fused-ring (bicyclic) bond motifs is 1. The number of amides is 1. The number of alkyl halides is 3. The van der Waals surface area contributed by atoms with Gasteiger partial charge < -0.3 is 10.1 Å². The highest BCUT2D eigenvalue weighted by molar-refractivity contribution is 7.90. The van der Waals surface area contributed by atoms with Crippen LogP contribution in [0.5, 0.6) is 5.75 Å². The Bertz CT molecular complexity index is 1300. The average Bonchev–Trinajstić information content (AvgIpc) is 3.18. The van der Waals surface area contributed by atoms with E-state index < -0.39 is 39.2 Å². The first-order valence-corrected chi connectivity index (χ1v) is 12.0. The second-order valence-electron chi connectivity index (χ2n) is 7.82. The van der Waals surface area contributed by atoms with Crippen molar-refractivity contribution in [3.8, 4) is 16.9 Å². The first-order valence-electron chi connectivity index (χ1n) is 10.1. The Kier molecular flexibility index (Phi) is 5.92. The van der Waals surface area contributed by atoms with Gasteiger partial charge in [-0.1, -0.05) is 30.3 Å². The van der Waals surface area contributed by atoms with Gasteiger partial charge in [0.2, 0.25) is 0 Å². The minimum atomic E-state index is -4.62. The fraction of sp³-hybridized carbons (Fsp3) is 0.208. The van der Waals surface area contributed by atoms with Gasteiger partial charge in [0.15, 0.2) is 9.84 Å². The second-order valence-corrected chi connectivity index (χ2v) is 9.83. The number of hydrogen-bond acceptors (Lipinski definition) is 4. The third-order valence-electron chi connectivity index (χ3n) is 5.38. The summed E-state index contributed by atoms with van der Waals surface area (Å²) in [5, 5.41) is 2.53. The van der Waals surface area contributed by atoms with E-state index in [0.717, 1.165) is 35.1 Å². The summed E-state index contributed by atoms with van der Waals surface area (Å²) in [4.78, 5) is 12.6. The molecule has 0 aliphatic carbocycles. The number of sulfone groups is 1. The molecule has 1 amide bonds. The van der Waals surface area contributed by atoms with Crippen LogP contribution in [0.25, 0.3) is 11.1 Å². The molecule has 172 valence electrons. The summed E-state index contributed by atoms with van der Waals surface area (Å²) in [5.41, 5.74) is 1.20. The lowest BCUT2D eigenvalue weighted by Gasteiger charge is -2.15. The number of nitrogens with one attached hydrogen (secondary N) is 1. The maximum Gasteiger partial charge on any atom is 0.417 e. The van der Waals surface area contributed by atoms with Gasteiger partial charge in [0, 0.05) is 12.7 Å². The van der Waals surface area contributed by atoms with Crippen molar-refractivity contribution in [2.45, 2.75) is 23.6 Å². The number of carbonyl (C=O) groups excluding carboxylic acids is 1. The Morgan fingerprint density at radius 2 is 1.70 bits per heavy atom. The van der Waals surface area contributed by atoms with Crippen LogP contribution in [0.3, 0.4) is 0 Å². The zero-order chi connectivity index (χ0) is 23.8. The molecule has 0 aromatic heterocycles. The zero-order valence-electron chi connectivity index (χ0n) is 17.5. The predicted octanol–water partition coefficient (Wildman–Crippen LogP) is 4.51. The maximum absolute atomic E-state index is 13.2. The summed E-state index contributed by atoms with van der Waals surface area (Å²) >= 11 is 0. The fourth-order valence-corrected chi connectivity index (χ4v) is 4.37.